The predicted octanol–water partition coefficient (Wildman–Crippen LogP) is 1.03. The van der Waals surface area contributed by atoms with Gasteiger partial charge in [0.1, 0.15) is 5.69 Å². The van der Waals surface area contributed by atoms with Gasteiger partial charge >= 0.3 is 11.7 Å². The largest absolute Gasteiger partial charge is 0.469 e. The molecule has 16 heavy (non-hydrogen) atoms. The minimum absolute atomic E-state index is 0.118. The number of anilines is 1. The van der Waals surface area contributed by atoms with Crippen LogP contribution in [-0.2, 0) is 16.0 Å². The van der Waals surface area contributed by atoms with E-state index in [1.807, 2.05) is 0 Å². The van der Waals surface area contributed by atoms with Crippen LogP contribution in [0.15, 0.2) is 12.1 Å². The molecule has 0 bridgehead atoms. The normalized spacial score (nSPS) is 9.88. The van der Waals surface area contributed by atoms with Crippen molar-refractivity contribution in [3.05, 3.63) is 33.6 Å². The van der Waals surface area contributed by atoms with Crippen LogP contribution in [0.25, 0.3) is 0 Å². The molecule has 86 valence electrons. The lowest BCUT2D eigenvalue weighted by Gasteiger charge is -2.04. The Morgan fingerprint density at radius 3 is 2.75 bits per heavy atom. The topological polar surface area (TPSA) is 95.5 Å². The van der Waals surface area contributed by atoms with Crippen molar-refractivity contribution in [2.45, 2.75) is 6.42 Å². The summed E-state index contributed by atoms with van der Waals surface area (Å²) in [5.74, 6) is -1.78. The van der Waals surface area contributed by atoms with Crippen molar-refractivity contribution < 1.29 is 18.8 Å². The van der Waals surface area contributed by atoms with Crippen molar-refractivity contribution in [2.24, 2.45) is 0 Å². The molecule has 0 heterocycles. The number of halogens is 1. The Balaban J connectivity index is 3.18. The molecule has 0 aliphatic carbocycles. The van der Waals surface area contributed by atoms with Crippen LogP contribution in [0.5, 0.6) is 0 Å². The number of ether oxygens (including phenoxy) is 1. The Kier molecular flexibility index (Phi) is 3.39. The van der Waals surface area contributed by atoms with Gasteiger partial charge in [-0.25, -0.2) is 0 Å². The third-order valence-electron chi connectivity index (χ3n) is 1.97. The van der Waals surface area contributed by atoms with E-state index in [0.717, 1.165) is 7.11 Å². The van der Waals surface area contributed by atoms with Gasteiger partial charge in [0.25, 0.3) is 0 Å². The fourth-order valence-electron chi connectivity index (χ4n) is 1.17. The number of nitro benzene ring substituents is 1. The van der Waals surface area contributed by atoms with E-state index in [1.54, 1.807) is 0 Å². The summed E-state index contributed by atoms with van der Waals surface area (Å²) in [5.41, 5.74) is 4.04. The van der Waals surface area contributed by atoms with E-state index in [9.17, 15) is 19.3 Å². The van der Waals surface area contributed by atoms with Gasteiger partial charge in [-0.1, -0.05) is 6.07 Å². The van der Waals surface area contributed by atoms with Gasteiger partial charge < -0.3 is 10.5 Å². The maximum Gasteiger partial charge on any atom is 0.327 e. The van der Waals surface area contributed by atoms with Gasteiger partial charge in [-0.3, -0.25) is 14.9 Å². The highest BCUT2D eigenvalue weighted by Crippen LogP contribution is 2.27. The van der Waals surface area contributed by atoms with Gasteiger partial charge in [0, 0.05) is 5.56 Å². The lowest BCUT2D eigenvalue weighted by molar-refractivity contribution is -0.386. The second-order valence-electron chi connectivity index (χ2n) is 2.99. The molecule has 1 aromatic rings. The Morgan fingerprint density at radius 2 is 2.25 bits per heavy atom. The molecule has 0 fully saturated rings. The van der Waals surface area contributed by atoms with E-state index in [2.05, 4.69) is 4.74 Å². The van der Waals surface area contributed by atoms with Gasteiger partial charge in [-0.15, -0.1) is 0 Å². The van der Waals surface area contributed by atoms with Crippen molar-refractivity contribution >= 4 is 17.3 Å². The van der Waals surface area contributed by atoms with E-state index in [-0.39, 0.29) is 17.7 Å². The molecule has 6 nitrogen and oxygen atoms in total. The molecular weight excluding hydrogens is 219 g/mol. The zero-order valence-corrected chi connectivity index (χ0v) is 8.40. The fourth-order valence-corrected chi connectivity index (χ4v) is 1.17. The summed E-state index contributed by atoms with van der Waals surface area (Å²) >= 11 is 0. The summed E-state index contributed by atoms with van der Waals surface area (Å²) in [6.07, 6.45) is -0.372. The number of esters is 1. The molecule has 2 N–H and O–H groups in total. The first-order valence-corrected chi connectivity index (χ1v) is 4.25. The molecule has 0 radical (unpaired) electrons. The summed E-state index contributed by atoms with van der Waals surface area (Å²) in [7, 11) is 1.14. The van der Waals surface area contributed by atoms with Crippen LogP contribution in [0.4, 0.5) is 15.8 Å². The van der Waals surface area contributed by atoms with E-state index < -0.39 is 22.4 Å². The quantitative estimate of drug-likeness (QED) is 0.361. The highest BCUT2D eigenvalue weighted by molar-refractivity contribution is 5.74. The molecular formula is C9H9FN2O4. The standard InChI is InChI=1S/C9H9FN2O4/c1-16-7(13)4-5-2-3-6(11)9(8(5)10)12(14)15/h2-3H,4,11H2,1H3. The molecule has 0 aromatic heterocycles. The minimum atomic E-state index is -1.10. The zero-order valence-electron chi connectivity index (χ0n) is 8.40. The molecule has 0 unspecified atom stereocenters. The predicted molar refractivity (Wildman–Crippen MR) is 53.2 cm³/mol. The van der Waals surface area contributed by atoms with Crippen LogP contribution in [0.1, 0.15) is 5.56 Å². The summed E-state index contributed by atoms with van der Waals surface area (Å²) in [4.78, 5) is 20.5. The number of nitrogen functional groups attached to an aromatic ring is 1. The number of hydrogen-bond acceptors (Lipinski definition) is 5. The first-order chi connectivity index (χ1) is 7.47. The van der Waals surface area contributed by atoms with E-state index >= 15 is 0 Å². The lowest BCUT2D eigenvalue weighted by Crippen LogP contribution is -2.08. The highest BCUT2D eigenvalue weighted by Gasteiger charge is 2.23. The monoisotopic (exact) mass is 228 g/mol. The van der Waals surface area contributed by atoms with E-state index in [0.29, 0.717) is 0 Å². The van der Waals surface area contributed by atoms with Gasteiger partial charge in [0.15, 0.2) is 0 Å². The van der Waals surface area contributed by atoms with Crippen LogP contribution in [0.2, 0.25) is 0 Å². The Morgan fingerprint density at radius 1 is 1.62 bits per heavy atom. The number of carbonyl (C=O) groups is 1. The Hall–Kier alpha value is -2.18. The molecule has 0 saturated heterocycles. The number of hydrogen-bond donors (Lipinski definition) is 1. The molecule has 0 aliphatic rings. The maximum atomic E-state index is 13.6. The van der Waals surface area contributed by atoms with Gasteiger partial charge in [-0.05, 0) is 6.07 Å². The van der Waals surface area contributed by atoms with Crippen LogP contribution in [0.3, 0.4) is 0 Å². The number of methoxy groups -OCH3 is 1. The summed E-state index contributed by atoms with van der Waals surface area (Å²) < 4.78 is 17.9. The van der Waals surface area contributed by atoms with Gasteiger partial charge in [0.05, 0.1) is 18.5 Å². The van der Waals surface area contributed by atoms with Crippen molar-refractivity contribution in [3.63, 3.8) is 0 Å². The number of nitrogens with zero attached hydrogens (tertiary/aromatic N) is 1. The van der Waals surface area contributed by atoms with Crippen molar-refractivity contribution in [2.75, 3.05) is 12.8 Å². The number of rotatable bonds is 3. The third-order valence-corrected chi connectivity index (χ3v) is 1.97. The smallest absolute Gasteiger partial charge is 0.327 e. The van der Waals surface area contributed by atoms with Crippen LogP contribution < -0.4 is 5.73 Å². The highest BCUT2D eigenvalue weighted by atomic mass is 19.1. The average molecular weight is 228 g/mol. The Bertz CT molecular complexity index is 447. The van der Waals surface area contributed by atoms with Gasteiger partial charge in [0.2, 0.25) is 5.82 Å². The molecule has 0 amide bonds. The van der Waals surface area contributed by atoms with Crippen LogP contribution in [-0.4, -0.2) is 18.0 Å². The number of nitrogens with two attached hydrogens (primary N) is 1. The molecule has 7 heteroatoms. The lowest BCUT2D eigenvalue weighted by atomic mass is 10.1. The van der Waals surface area contributed by atoms with Crippen molar-refractivity contribution in [1.82, 2.24) is 0 Å². The third kappa shape index (κ3) is 2.25. The molecule has 1 aromatic carbocycles. The van der Waals surface area contributed by atoms with Crippen LogP contribution >= 0.6 is 0 Å². The SMILES string of the molecule is COC(=O)Cc1ccc(N)c([N+](=O)[O-])c1F. The average Bonchev–Trinajstić information content (AvgIpc) is 2.21. The number of benzene rings is 1. The maximum absolute atomic E-state index is 13.6. The minimum Gasteiger partial charge on any atom is -0.469 e. The summed E-state index contributed by atoms with van der Waals surface area (Å²) in [6, 6.07) is 2.40. The van der Waals surface area contributed by atoms with Gasteiger partial charge in [-0.2, -0.15) is 4.39 Å². The fraction of sp³-hybridized carbons (Fsp3) is 0.222. The zero-order chi connectivity index (χ0) is 12.3. The van der Waals surface area contributed by atoms with E-state index in [1.165, 1.54) is 12.1 Å². The van der Waals surface area contributed by atoms with Crippen LogP contribution in [0, 0.1) is 15.9 Å². The molecule has 0 saturated carbocycles. The molecule has 1 rings (SSSR count). The first-order valence-electron chi connectivity index (χ1n) is 4.25. The first kappa shape index (κ1) is 11.9. The number of nitro groups is 1. The summed E-state index contributed by atoms with van der Waals surface area (Å²) in [6.45, 7) is 0. The molecule has 0 aliphatic heterocycles. The summed E-state index contributed by atoms with van der Waals surface area (Å²) in [5, 5.41) is 10.5. The molecule has 0 atom stereocenters. The van der Waals surface area contributed by atoms with Crippen molar-refractivity contribution in [3.8, 4) is 0 Å². The van der Waals surface area contributed by atoms with Crippen molar-refractivity contribution in [1.29, 1.82) is 0 Å². The second-order valence-corrected chi connectivity index (χ2v) is 2.99. The second kappa shape index (κ2) is 4.56. The number of carbonyl (C=O) groups excluding carboxylic acids is 1. The Labute approximate surface area is 90.0 Å². The molecule has 0 spiro atoms. The van der Waals surface area contributed by atoms with E-state index in [4.69, 9.17) is 5.73 Å².